The van der Waals surface area contributed by atoms with E-state index >= 15 is 4.39 Å². The molecule has 0 aliphatic carbocycles. The van der Waals surface area contributed by atoms with Crippen LogP contribution in [0.1, 0.15) is 36.3 Å². The van der Waals surface area contributed by atoms with E-state index < -0.39 is 0 Å². The largest absolute Gasteiger partial charge is 0.375 e. The summed E-state index contributed by atoms with van der Waals surface area (Å²) in [5.41, 5.74) is 11.8. The Morgan fingerprint density at radius 1 is 1.09 bits per heavy atom. The van der Waals surface area contributed by atoms with E-state index in [1.165, 1.54) is 5.56 Å². The van der Waals surface area contributed by atoms with E-state index in [4.69, 9.17) is 18.0 Å². The highest BCUT2D eigenvalue weighted by Crippen LogP contribution is 2.35. The summed E-state index contributed by atoms with van der Waals surface area (Å²) in [6, 6.07) is 14.7. The first-order valence-corrected chi connectivity index (χ1v) is 12.0. The second-order valence-corrected chi connectivity index (χ2v) is 9.56. The number of likely N-dealkylation sites (N-methyl/N-ethyl adjacent to an activating group) is 1. The maximum Gasteiger partial charge on any atom is 0.184 e. The van der Waals surface area contributed by atoms with Crippen molar-refractivity contribution in [1.82, 2.24) is 10.3 Å². The average Bonchev–Trinajstić information content (AvgIpc) is 3.30. The summed E-state index contributed by atoms with van der Waals surface area (Å²) < 4.78 is 15.3. The van der Waals surface area contributed by atoms with Crippen molar-refractivity contribution in [3.05, 3.63) is 59.4 Å². The van der Waals surface area contributed by atoms with Gasteiger partial charge in [-0.1, -0.05) is 30.3 Å². The third-order valence-electron chi connectivity index (χ3n) is 6.82. The van der Waals surface area contributed by atoms with Crippen LogP contribution in [0.25, 0.3) is 0 Å². The number of nitrogens with zero attached hydrogens (tertiary/aromatic N) is 4. The normalized spacial score (nSPS) is 19.6. The topological polar surface area (TPSA) is 60.1 Å². The standard InChI is InChI=1S/C25H33FN6S/c1-30(2)21-10-13-32(17-21)23-15-24(22(26)14-20(23)16-28-29-25(27)33)31-11-8-19(9-12-31)18-6-4-3-5-7-18/h3-7,14-16,19,21H,8-13,17H2,1-2H3,(H3,27,29,33)/t21-/m1/s1. The summed E-state index contributed by atoms with van der Waals surface area (Å²) in [4.78, 5) is 6.76. The van der Waals surface area contributed by atoms with Crippen molar-refractivity contribution in [2.45, 2.75) is 31.2 Å². The number of hydrazone groups is 1. The molecule has 0 aromatic heterocycles. The summed E-state index contributed by atoms with van der Waals surface area (Å²) in [5, 5.41) is 4.18. The molecule has 0 amide bonds. The third-order valence-corrected chi connectivity index (χ3v) is 6.91. The fourth-order valence-electron chi connectivity index (χ4n) is 4.91. The predicted octanol–water partition coefficient (Wildman–Crippen LogP) is 3.52. The molecule has 2 aliphatic rings. The predicted molar refractivity (Wildman–Crippen MR) is 139 cm³/mol. The van der Waals surface area contributed by atoms with Crippen LogP contribution in [-0.2, 0) is 0 Å². The van der Waals surface area contributed by atoms with Crippen LogP contribution in [0.3, 0.4) is 0 Å². The highest BCUT2D eigenvalue weighted by atomic mass is 32.1. The van der Waals surface area contributed by atoms with E-state index in [-0.39, 0.29) is 10.9 Å². The van der Waals surface area contributed by atoms with Gasteiger partial charge in [0.25, 0.3) is 0 Å². The Kier molecular flexibility index (Phi) is 7.45. The third kappa shape index (κ3) is 5.62. The van der Waals surface area contributed by atoms with Crippen molar-refractivity contribution < 1.29 is 4.39 Å². The molecule has 2 heterocycles. The minimum absolute atomic E-state index is 0.0834. The van der Waals surface area contributed by atoms with Crippen LogP contribution in [0.4, 0.5) is 15.8 Å². The molecule has 33 heavy (non-hydrogen) atoms. The number of benzene rings is 2. The van der Waals surface area contributed by atoms with Gasteiger partial charge in [-0.2, -0.15) is 5.10 Å². The van der Waals surface area contributed by atoms with Gasteiger partial charge in [-0.15, -0.1) is 0 Å². The van der Waals surface area contributed by atoms with Crippen LogP contribution < -0.4 is 21.0 Å². The Balaban J connectivity index is 1.57. The van der Waals surface area contributed by atoms with Gasteiger partial charge in [0.05, 0.1) is 11.9 Å². The van der Waals surface area contributed by atoms with Crippen LogP contribution >= 0.6 is 12.2 Å². The lowest BCUT2D eigenvalue weighted by atomic mass is 9.89. The number of nitrogens with two attached hydrogens (primary N) is 1. The molecule has 0 radical (unpaired) electrons. The van der Waals surface area contributed by atoms with E-state index in [9.17, 15) is 0 Å². The minimum Gasteiger partial charge on any atom is -0.375 e. The maximum absolute atomic E-state index is 15.3. The minimum atomic E-state index is -0.225. The Morgan fingerprint density at radius 3 is 2.42 bits per heavy atom. The molecule has 176 valence electrons. The van der Waals surface area contributed by atoms with Gasteiger partial charge >= 0.3 is 0 Å². The number of anilines is 2. The van der Waals surface area contributed by atoms with E-state index in [1.807, 2.05) is 6.07 Å². The molecule has 2 aromatic carbocycles. The number of piperidine rings is 1. The van der Waals surface area contributed by atoms with Gasteiger partial charge < -0.3 is 20.4 Å². The number of hydrogen-bond donors (Lipinski definition) is 2. The van der Waals surface area contributed by atoms with Gasteiger partial charge in [-0.05, 0) is 69.2 Å². The lowest BCUT2D eigenvalue weighted by Crippen LogP contribution is -2.34. The SMILES string of the molecule is CN(C)[C@@H]1CCN(c2cc(N3CCC(c4ccccc4)CC3)c(F)cc2C=NNC(N)=S)C1. The van der Waals surface area contributed by atoms with Crippen LogP contribution in [0.15, 0.2) is 47.6 Å². The number of thiocarbonyl (C=S) groups is 1. The molecule has 1 atom stereocenters. The lowest BCUT2D eigenvalue weighted by molar-refractivity contribution is 0.315. The van der Waals surface area contributed by atoms with Gasteiger partial charge in [0.2, 0.25) is 0 Å². The van der Waals surface area contributed by atoms with Gasteiger partial charge in [0.15, 0.2) is 5.11 Å². The first-order chi connectivity index (χ1) is 15.9. The van der Waals surface area contributed by atoms with Crippen LogP contribution in [0.2, 0.25) is 0 Å². The van der Waals surface area contributed by atoms with Crippen LogP contribution in [0.5, 0.6) is 0 Å². The summed E-state index contributed by atoms with van der Waals surface area (Å²) in [6.45, 7) is 3.50. The lowest BCUT2D eigenvalue weighted by Gasteiger charge is -2.35. The van der Waals surface area contributed by atoms with E-state index in [0.29, 0.717) is 17.6 Å². The van der Waals surface area contributed by atoms with E-state index in [2.05, 4.69) is 69.7 Å². The Bertz CT molecular complexity index is 988. The van der Waals surface area contributed by atoms with E-state index in [0.717, 1.165) is 56.7 Å². The highest BCUT2D eigenvalue weighted by molar-refractivity contribution is 7.80. The molecule has 4 rings (SSSR count). The molecule has 2 saturated heterocycles. The second kappa shape index (κ2) is 10.5. The summed E-state index contributed by atoms with van der Waals surface area (Å²) in [6.07, 6.45) is 4.72. The summed E-state index contributed by atoms with van der Waals surface area (Å²) >= 11 is 4.83. The highest BCUT2D eigenvalue weighted by Gasteiger charge is 2.28. The van der Waals surface area contributed by atoms with Gasteiger partial charge in [0, 0.05) is 43.5 Å². The summed E-state index contributed by atoms with van der Waals surface area (Å²) in [5.74, 6) is 0.305. The Hall–Kier alpha value is -2.71. The fraction of sp³-hybridized carbons (Fsp3) is 0.440. The van der Waals surface area contributed by atoms with Gasteiger partial charge in [-0.25, -0.2) is 4.39 Å². The average molecular weight is 469 g/mol. The zero-order valence-electron chi connectivity index (χ0n) is 19.4. The smallest absolute Gasteiger partial charge is 0.184 e. The monoisotopic (exact) mass is 468 g/mol. The van der Waals surface area contributed by atoms with Gasteiger partial charge in [-0.3, -0.25) is 5.43 Å². The van der Waals surface area contributed by atoms with Crippen molar-refractivity contribution in [1.29, 1.82) is 0 Å². The molecule has 3 N–H and O–H groups in total. The van der Waals surface area contributed by atoms with Gasteiger partial charge in [0.1, 0.15) is 5.82 Å². The molecule has 2 fully saturated rings. The van der Waals surface area contributed by atoms with Crippen molar-refractivity contribution in [3.8, 4) is 0 Å². The zero-order chi connectivity index (χ0) is 23.4. The van der Waals surface area contributed by atoms with Crippen molar-refractivity contribution >= 4 is 34.9 Å². The Morgan fingerprint density at radius 2 is 1.79 bits per heavy atom. The van der Waals surface area contributed by atoms with Crippen molar-refractivity contribution in [3.63, 3.8) is 0 Å². The fourth-order valence-corrected chi connectivity index (χ4v) is 4.96. The second-order valence-electron chi connectivity index (χ2n) is 9.12. The molecular formula is C25H33FN6S. The molecule has 0 saturated carbocycles. The molecule has 6 nitrogen and oxygen atoms in total. The quantitative estimate of drug-likeness (QED) is 0.384. The molecule has 0 unspecified atom stereocenters. The first kappa shape index (κ1) is 23.4. The maximum atomic E-state index is 15.3. The molecule has 2 aliphatic heterocycles. The number of halogens is 1. The van der Waals surface area contributed by atoms with Crippen molar-refractivity contribution in [2.75, 3.05) is 50.1 Å². The molecule has 0 spiro atoms. The number of rotatable bonds is 6. The summed E-state index contributed by atoms with van der Waals surface area (Å²) in [7, 11) is 4.21. The van der Waals surface area contributed by atoms with E-state index in [1.54, 1.807) is 12.3 Å². The molecular weight excluding hydrogens is 435 g/mol. The molecule has 8 heteroatoms. The van der Waals surface area contributed by atoms with Crippen LogP contribution in [-0.4, -0.2) is 62.5 Å². The Labute approximate surface area is 201 Å². The zero-order valence-corrected chi connectivity index (χ0v) is 20.2. The molecule has 0 bridgehead atoms. The molecule has 2 aromatic rings. The van der Waals surface area contributed by atoms with Crippen LogP contribution in [0, 0.1) is 5.82 Å². The number of hydrogen-bond acceptors (Lipinski definition) is 5. The number of nitrogens with one attached hydrogen (secondary N) is 1. The van der Waals surface area contributed by atoms with Crippen molar-refractivity contribution in [2.24, 2.45) is 10.8 Å². The first-order valence-electron chi connectivity index (χ1n) is 11.6.